The molecular weight excluding hydrogens is 528 g/mol. The monoisotopic (exact) mass is 552 g/mol. The van der Waals surface area contributed by atoms with Crippen LogP contribution in [0.1, 0.15) is 22.9 Å². The fraction of sp³-hybridized carbons (Fsp3) is 0.0263. The number of aromatic nitrogens is 1. The van der Waals surface area contributed by atoms with Gasteiger partial charge in [-0.1, -0.05) is 103 Å². The van der Waals surface area contributed by atoms with Gasteiger partial charge in [-0.3, -0.25) is 0 Å². The van der Waals surface area contributed by atoms with Gasteiger partial charge in [0.2, 0.25) is 0 Å². The molecule has 8 aromatic rings. The summed E-state index contributed by atoms with van der Waals surface area (Å²) in [6.45, 7) is 0. The molecule has 0 radical (unpaired) electrons. The number of fused-ring (bicyclic) bond motifs is 6. The SMILES string of the molecule is c1ccc2cc(C3=NC(c4ccc5ccccc5c4)N=C(c4cccc5oc6cc7ccccc7nc6c45)N3)ccc2c1. The Labute approximate surface area is 246 Å². The Bertz CT molecular complexity index is 2450. The van der Waals surface area contributed by atoms with Crippen molar-refractivity contribution in [2.75, 3.05) is 0 Å². The molecule has 6 aromatic carbocycles. The molecule has 0 saturated heterocycles. The number of amidine groups is 2. The lowest BCUT2D eigenvalue weighted by molar-refractivity contribution is 0.668. The average Bonchev–Trinajstić information content (AvgIpc) is 3.44. The molecule has 5 nitrogen and oxygen atoms in total. The zero-order valence-corrected chi connectivity index (χ0v) is 23.0. The topological polar surface area (TPSA) is 62.8 Å². The average molecular weight is 553 g/mol. The molecule has 0 saturated carbocycles. The van der Waals surface area contributed by atoms with E-state index in [1.54, 1.807) is 0 Å². The lowest BCUT2D eigenvalue weighted by Crippen LogP contribution is -2.36. The van der Waals surface area contributed by atoms with Crippen molar-refractivity contribution in [1.82, 2.24) is 10.3 Å². The highest BCUT2D eigenvalue weighted by Crippen LogP contribution is 2.34. The van der Waals surface area contributed by atoms with Crippen molar-refractivity contribution in [3.8, 4) is 0 Å². The molecule has 0 amide bonds. The first-order valence-corrected chi connectivity index (χ1v) is 14.4. The number of nitrogens with one attached hydrogen (secondary N) is 1. The van der Waals surface area contributed by atoms with E-state index in [0.717, 1.165) is 72.1 Å². The van der Waals surface area contributed by atoms with Crippen molar-refractivity contribution in [2.45, 2.75) is 6.17 Å². The van der Waals surface area contributed by atoms with E-state index in [4.69, 9.17) is 19.4 Å². The van der Waals surface area contributed by atoms with Gasteiger partial charge in [0, 0.05) is 16.5 Å². The quantitative estimate of drug-likeness (QED) is 0.238. The van der Waals surface area contributed by atoms with Crippen molar-refractivity contribution >= 4 is 66.2 Å². The molecule has 43 heavy (non-hydrogen) atoms. The molecule has 5 heteroatoms. The van der Waals surface area contributed by atoms with Crippen molar-refractivity contribution in [3.63, 3.8) is 0 Å². The minimum atomic E-state index is -0.426. The Kier molecular flexibility index (Phi) is 5.19. The van der Waals surface area contributed by atoms with Crippen LogP contribution in [0.3, 0.4) is 0 Å². The standard InChI is InChI=1S/C38H24N4O/c1-3-10-25-20-28(18-16-23(25)8-1)36-40-37(29-19-17-24-9-2-4-11-26(24)21-29)42-38(41-36)30-13-7-15-32-34(30)35-33(43-32)22-27-12-5-6-14-31(27)39-35/h1-22,36H,(H,40,41,42). The number of nitrogens with zero attached hydrogens (tertiary/aromatic N) is 3. The van der Waals surface area contributed by atoms with Crippen molar-refractivity contribution < 1.29 is 4.42 Å². The maximum absolute atomic E-state index is 6.34. The summed E-state index contributed by atoms with van der Waals surface area (Å²) in [5.41, 5.74) is 6.25. The van der Waals surface area contributed by atoms with Gasteiger partial charge in [0.15, 0.2) is 11.7 Å². The third-order valence-electron chi connectivity index (χ3n) is 8.26. The summed E-state index contributed by atoms with van der Waals surface area (Å²) in [7, 11) is 0. The zero-order valence-electron chi connectivity index (χ0n) is 23.0. The van der Waals surface area contributed by atoms with Gasteiger partial charge in [0.05, 0.1) is 10.9 Å². The van der Waals surface area contributed by atoms with E-state index in [2.05, 4.69) is 108 Å². The fourth-order valence-electron chi connectivity index (χ4n) is 6.12. The third kappa shape index (κ3) is 3.97. The van der Waals surface area contributed by atoms with Crippen LogP contribution in [-0.2, 0) is 0 Å². The molecule has 2 aromatic heterocycles. The Morgan fingerprint density at radius 2 is 1.23 bits per heavy atom. The number of hydrogen-bond donors (Lipinski definition) is 1. The van der Waals surface area contributed by atoms with Crippen LogP contribution in [0.15, 0.2) is 148 Å². The van der Waals surface area contributed by atoms with E-state index in [0.29, 0.717) is 0 Å². The molecule has 202 valence electrons. The maximum Gasteiger partial charge on any atom is 0.169 e. The fourth-order valence-corrected chi connectivity index (χ4v) is 6.12. The van der Waals surface area contributed by atoms with Crippen LogP contribution >= 0.6 is 0 Å². The number of pyridine rings is 1. The Hall–Kier alpha value is -5.81. The lowest BCUT2D eigenvalue weighted by atomic mass is 10.0. The summed E-state index contributed by atoms with van der Waals surface area (Å²) >= 11 is 0. The molecule has 1 unspecified atom stereocenters. The number of rotatable bonds is 3. The summed E-state index contributed by atoms with van der Waals surface area (Å²) in [5, 5.41) is 10.3. The van der Waals surface area contributed by atoms with E-state index >= 15 is 0 Å². The van der Waals surface area contributed by atoms with Crippen LogP contribution < -0.4 is 5.32 Å². The molecule has 0 bridgehead atoms. The van der Waals surface area contributed by atoms with E-state index in [9.17, 15) is 0 Å². The highest BCUT2D eigenvalue weighted by Gasteiger charge is 2.24. The Morgan fingerprint density at radius 3 is 2.07 bits per heavy atom. The van der Waals surface area contributed by atoms with E-state index < -0.39 is 6.17 Å². The second-order valence-electron chi connectivity index (χ2n) is 10.9. The second kappa shape index (κ2) is 9.36. The second-order valence-corrected chi connectivity index (χ2v) is 10.9. The van der Waals surface area contributed by atoms with Gasteiger partial charge in [0.1, 0.15) is 22.8 Å². The van der Waals surface area contributed by atoms with Crippen molar-refractivity contribution in [3.05, 3.63) is 150 Å². The minimum Gasteiger partial charge on any atom is -0.454 e. The van der Waals surface area contributed by atoms with Gasteiger partial charge < -0.3 is 9.73 Å². The predicted octanol–water partition coefficient (Wildman–Crippen LogP) is 8.94. The number of aliphatic imine (C=N–C) groups is 2. The molecule has 0 spiro atoms. The Balaban J connectivity index is 1.25. The van der Waals surface area contributed by atoms with Crippen LogP contribution in [0.25, 0.3) is 54.5 Å². The predicted molar refractivity (Wildman–Crippen MR) is 176 cm³/mol. The molecule has 9 rings (SSSR count). The highest BCUT2D eigenvalue weighted by molar-refractivity contribution is 6.23. The summed E-state index contributed by atoms with van der Waals surface area (Å²) in [4.78, 5) is 15.4. The molecule has 1 atom stereocenters. The van der Waals surface area contributed by atoms with Crippen LogP contribution in [-0.4, -0.2) is 16.7 Å². The largest absolute Gasteiger partial charge is 0.454 e. The molecular formula is C38H24N4O. The van der Waals surface area contributed by atoms with Gasteiger partial charge in [-0.2, -0.15) is 0 Å². The summed E-state index contributed by atoms with van der Waals surface area (Å²) in [5.74, 6) is 1.51. The van der Waals surface area contributed by atoms with Crippen LogP contribution in [0.2, 0.25) is 0 Å². The van der Waals surface area contributed by atoms with E-state index in [1.807, 2.05) is 30.3 Å². The van der Waals surface area contributed by atoms with Crippen LogP contribution in [0, 0.1) is 0 Å². The normalized spacial score (nSPS) is 15.2. The van der Waals surface area contributed by atoms with Crippen molar-refractivity contribution in [1.29, 1.82) is 0 Å². The maximum atomic E-state index is 6.34. The molecule has 3 heterocycles. The number of furan rings is 1. The summed E-state index contributed by atoms with van der Waals surface area (Å²) in [6, 6.07) is 46.0. The first kappa shape index (κ1) is 23.9. The van der Waals surface area contributed by atoms with Gasteiger partial charge in [0.25, 0.3) is 0 Å². The molecule has 0 aliphatic carbocycles. The zero-order chi connectivity index (χ0) is 28.3. The van der Waals surface area contributed by atoms with Gasteiger partial charge >= 0.3 is 0 Å². The number of benzene rings is 6. The summed E-state index contributed by atoms with van der Waals surface area (Å²) < 4.78 is 6.34. The third-order valence-corrected chi connectivity index (χ3v) is 8.26. The van der Waals surface area contributed by atoms with Crippen molar-refractivity contribution in [2.24, 2.45) is 9.98 Å². The van der Waals surface area contributed by atoms with Gasteiger partial charge in [-0.05, 0) is 57.4 Å². The van der Waals surface area contributed by atoms with Gasteiger partial charge in [-0.25, -0.2) is 15.0 Å². The number of para-hydroxylation sites is 1. The minimum absolute atomic E-state index is 0.426. The highest BCUT2D eigenvalue weighted by atomic mass is 16.3. The first-order valence-electron chi connectivity index (χ1n) is 14.4. The van der Waals surface area contributed by atoms with Gasteiger partial charge in [-0.15, -0.1) is 0 Å². The first-order chi connectivity index (χ1) is 21.3. The molecule has 0 fully saturated rings. The Morgan fingerprint density at radius 1 is 0.535 bits per heavy atom. The molecule has 1 aliphatic heterocycles. The molecule has 1 N–H and O–H groups in total. The smallest absolute Gasteiger partial charge is 0.169 e. The van der Waals surface area contributed by atoms with Crippen LogP contribution in [0.4, 0.5) is 0 Å². The lowest BCUT2D eigenvalue weighted by Gasteiger charge is -2.23. The van der Waals surface area contributed by atoms with E-state index in [1.165, 1.54) is 10.8 Å². The van der Waals surface area contributed by atoms with Crippen LogP contribution in [0.5, 0.6) is 0 Å². The van der Waals surface area contributed by atoms with E-state index in [-0.39, 0.29) is 0 Å². The summed E-state index contributed by atoms with van der Waals surface area (Å²) in [6.07, 6.45) is -0.426. The number of hydrogen-bond acceptors (Lipinski definition) is 5. The molecule has 1 aliphatic rings.